The van der Waals surface area contributed by atoms with Gasteiger partial charge in [-0.1, -0.05) is 19.1 Å². The molecule has 5 nitrogen and oxygen atoms in total. The Hall–Kier alpha value is -2.56. The predicted octanol–water partition coefficient (Wildman–Crippen LogP) is 2.83. The Labute approximate surface area is 129 Å². The number of rotatable bonds is 6. The van der Waals surface area contributed by atoms with Crippen molar-refractivity contribution in [1.82, 2.24) is 4.90 Å². The van der Waals surface area contributed by atoms with E-state index in [1.54, 1.807) is 18.4 Å². The number of benzene rings is 1. The summed E-state index contributed by atoms with van der Waals surface area (Å²) in [5.74, 6) is 0.245. The van der Waals surface area contributed by atoms with Gasteiger partial charge in [0, 0.05) is 12.6 Å². The van der Waals surface area contributed by atoms with Gasteiger partial charge in [-0.15, -0.1) is 0 Å². The highest BCUT2D eigenvalue weighted by atomic mass is 16.3. The minimum atomic E-state index is -0.231. The summed E-state index contributed by atoms with van der Waals surface area (Å²) < 4.78 is 5.21. The Morgan fingerprint density at radius 3 is 2.45 bits per heavy atom. The molecule has 0 spiro atoms. The van der Waals surface area contributed by atoms with Crippen LogP contribution in [0.3, 0.4) is 0 Å². The molecule has 0 aliphatic rings. The molecular formula is C17H20N2O3. The zero-order valence-electron chi connectivity index (χ0n) is 12.8. The SMILES string of the molecule is CCc1ccc(NC(=O)CN(Cc2ccco2)C(C)=O)cc1. The number of aryl methyl sites for hydroxylation is 1. The summed E-state index contributed by atoms with van der Waals surface area (Å²) in [5.41, 5.74) is 1.94. The van der Waals surface area contributed by atoms with E-state index < -0.39 is 0 Å². The van der Waals surface area contributed by atoms with Crippen molar-refractivity contribution in [1.29, 1.82) is 0 Å². The number of nitrogens with zero attached hydrogens (tertiary/aromatic N) is 1. The molecule has 0 saturated heterocycles. The first-order valence-corrected chi connectivity index (χ1v) is 7.25. The molecule has 0 fully saturated rings. The second-order valence-corrected chi connectivity index (χ2v) is 5.05. The van der Waals surface area contributed by atoms with Crippen molar-refractivity contribution in [2.75, 3.05) is 11.9 Å². The fraction of sp³-hybridized carbons (Fsp3) is 0.294. The third-order valence-corrected chi connectivity index (χ3v) is 3.35. The topological polar surface area (TPSA) is 62.6 Å². The van der Waals surface area contributed by atoms with Crippen molar-refractivity contribution in [2.24, 2.45) is 0 Å². The van der Waals surface area contributed by atoms with Gasteiger partial charge in [-0.2, -0.15) is 0 Å². The molecule has 0 radical (unpaired) electrons. The molecule has 2 rings (SSSR count). The van der Waals surface area contributed by atoms with Gasteiger partial charge in [0.1, 0.15) is 12.3 Å². The zero-order chi connectivity index (χ0) is 15.9. The van der Waals surface area contributed by atoms with E-state index in [1.807, 2.05) is 24.3 Å². The van der Waals surface area contributed by atoms with Gasteiger partial charge < -0.3 is 14.6 Å². The largest absolute Gasteiger partial charge is 0.467 e. The molecule has 0 unspecified atom stereocenters. The average Bonchev–Trinajstić information content (AvgIpc) is 3.00. The van der Waals surface area contributed by atoms with Gasteiger partial charge in [0.25, 0.3) is 0 Å². The van der Waals surface area contributed by atoms with E-state index in [9.17, 15) is 9.59 Å². The predicted molar refractivity (Wildman–Crippen MR) is 84.2 cm³/mol. The van der Waals surface area contributed by atoms with E-state index in [1.165, 1.54) is 17.4 Å². The summed E-state index contributed by atoms with van der Waals surface area (Å²) in [7, 11) is 0. The summed E-state index contributed by atoms with van der Waals surface area (Å²) in [6.07, 6.45) is 2.50. The lowest BCUT2D eigenvalue weighted by atomic mass is 10.1. The number of carbonyl (C=O) groups excluding carboxylic acids is 2. The Balaban J connectivity index is 1.94. The second kappa shape index (κ2) is 7.45. The fourth-order valence-corrected chi connectivity index (χ4v) is 2.07. The first kappa shape index (κ1) is 15.8. The van der Waals surface area contributed by atoms with E-state index in [-0.39, 0.29) is 24.9 Å². The summed E-state index contributed by atoms with van der Waals surface area (Å²) in [4.78, 5) is 25.2. The van der Waals surface area contributed by atoms with E-state index in [0.29, 0.717) is 5.76 Å². The number of hydrogen-bond acceptors (Lipinski definition) is 3. The molecule has 0 bridgehead atoms. The lowest BCUT2D eigenvalue weighted by Crippen LogP contribution is -2.36. The van der Waals surface area contributed by atoms with Gasteiger partial charge >= 0.3 is 0 Å². The van der Waals surface area contributed by atoms with Crippen LogP contribution >= 0.6 is 0 Å². The van der Waals surface area contributed by atoms with Gasteiger partial charge in [-0.25, -0.2) is 0 Å². The third-order valence-electron chi connectivity index (χ3n) is 3.35. The van der Waals surface area contributed by atoms with Crippen molar-refractivity contribution in [3.05, 3.63) is 54.0 Å². The molecular weight excluding hydrogens is 280 g/mol. The summed E-state index contributed by atoms with van der Waals surface area (Å²) in [6, 6.07) is 11.2. The Kier molecular flexibility index (Phi) is 5.36. The van der Waals surface area contributed by atoms with Crippen LogP contribution in [-0.2, 0) is 22.6 Å². The number of hydrogen-bond donors (Lipinski definition) is 1. The van der Waals surface area contributed by atoms with E-state index >= 15 is 0 Å². The molecule has 1 aromatic carbocycles. The van der Waals surface area contributed by atoms with Gasteiger partial charge in [0.05, 0.1) is 12.8 Å². The molecule has 22 heavy (non-hydrogen) atoms. The van der Waals surface area contributed by atoms with Crippen molar-refractivity contribution in [3.8, 4) is 0 Å². The van der Waals surface area contributed by atoms with Crippen LogP contribution in [-0.4, -0.2) is 23.3 Å². The highest BCUT2D eigenvalue weighted by Gasteiger charge is 2.15. The monoisotopic (exact) mass is 300 g/mol. The van der Waals surface area contributed by atoms with Crippen molar-refractivity contribution < 1.29 is 14.0 Å². The van der Waals surface area contributed by atoms with Crippen LogP contribution in [0.4, 0.5) is 5.69 Å². The lowest BCUT2D eigenvalue weighted by Gasteiger charge is -2.19. The molecule has 0 atom stereocenters. The normalized spacial score (nSPS) is 10.3. The lowest BCUT2D eigenvalue weighted by molar-refractivity contribution is -0.133. The maximum absolute atomic E-state index is 12.1. The van der Waals surface area contributed by atoms with Crippen molar-refractivity contribution in [2.45, 2.75) is 26.8 Å². The summed E-state index contributed by atoms with van der Waals surface area (Å²) in [6.45, 7) is 3.79. The Morgan fingerprint density at radius 2 is 1.91 bits per heavy atom. The average molecular weight is 300 g/mol. The van der Waals surface area contributed by atoms with Gasteiger partial charge in [-0.3, -0.25) is 9.59 Å². The minimum absolute atomic E-state index is 0.00837. The molecule has 2 aromatic rings. The van der Waals surface area contributed by atoms with Crippen LogP contribution < -0.4 is 5.32 Å². The maximum atomic E-state index is 12.1. The van der Waals surface area contributed by atoms with Crippen LogP contribution in [0.15, 0.2) is 47.1 Å². The van der Waals surface area contributed by atoms with Crippen LogP contribution in [0.2, 0.25) is 0 Å². The van der Waals surface area contributed by atoms with Gasteiger partial charge in [-0.05, 0) is 36.2 Å². The van der Waals surface area contributed by atoms with Crippen molar-refractivity contribution in [3.63, 3.8) is 0 Å². The first-order chi connectivity index (χ1) is 10.6. The number of carbonyl (C=O) groups is 2. The molecule has 1 heterocycles. The Morgan fingerprint density at radius 1 is 1.18 bits per heavy atom. The van der Waals surface area contributed by atoms with E-state index in [2.05, 4.69) is 12.2 Å². The van der Waals surface area contributed by atoms with Gasteiger partial charge in [0.2, 0.25) is 11.8 Å². The fourth-order valence-electron chi connectivity index (χ4n) is 2.07. The highest BCUT2D eigenvalue weighted by molar-refractivity contribution is 5.94. The molecule has 1 aromatic heterocycles. The standard InChI is InChI=1S/C17H20N2O3/c1-3-14-6-8-15(9-7-14)18-17(21)12-19(13(2)20)11-16-5-4-10-22-16/h4-10H,3,11-12H2,1-2H3,(H,18,21). The number of anilines is 1. The zero-order valence-corrected chi connectivity index (χ0v) is 12.8. The smallest absolute Gasteiger partial charge is 0.244 e. The highest BCUT2D eigenvalue weighted by Crippen LogP contribution is 2.11. The molecule has 116 valence electrons. The van der Waals surface area contributed by atoms with Crippen LogP contribution in [0.5, 0.6) is 0 Å². The maximum Gasteiger partial charge on any atom is 0.244 e. The third kappa shape index (κ3) is 4.48. The molecule has 1 N–H and O–H groups in total. The minimum Gasteiger partial charge on any atom is -0.467 e. The van der Waals surface area contributed by atoms with Crippen molar-refractivity contribution >= 4 is 17.5 Å². The summed E-state index contributed by atoms with van der Waals surface area (Å²) in [5, 5.41) is 2.79. The number of amides is 2. The van der Waals surface area contributed by atoms with E-state index in [0.717, 1.165) is 12.1 Å². The molecule has 0 aliphatic heterocycles. The van der Waals surface area contributed by atoms with Crippen LogP contribution in [0.25, 0.3) is 0 Å². The van der Waals surface area contributed by atoms with Crippen LogP contribution in [0, 0.1) is 0 Å². The van der Waals surface area contributed by atoms with Gasteiger partial charge in [0.15, 0.2) is 0 Å². The first-order valence-electron chi connectivity index (χ1n) is 7.25. The molecule has 0 saturated carbocycles. The number of nitrogens with one attached hydrogen (secondary N) is 1. The Bertz CT molecular complexity index is 618. The molecule has 0 aliphatic carbocycles. The quantitative estimate of drug-likeness (QED) is 0.892. The van der Waals surface area contributed by atoms with E-state index in [4.69, 9.17) is 4.42 Å². The summed E-state index contributed by atoms with van der Waals surface area (Å²) >= 11 is 0. The van der Waals surface area contributed by atoms with Crippen LogP contribution in [0.1, 0.15) is 25.2 Å². The second-order valence-electron chi connectivity index (χ2n) is 5.05. The molecule has 5 heteroatoms. The molecule has 2 amide bonds. The number of furan rings is 1.